The van der Waals surface area contributed by atoms with Gasteiger partial charge in [0.1, 0.15) is 11.8 Å². The number of carbonyl (C=O) groups excluding carboxylic acids is 3. The van der Waals surface area contributed by atoms with Gasteiger partial charge in [-0.05, 0) is 88.3 Å². The average Bonchev–Trinajstić information content (AvgIpc) is 2.65. The van der Waals surface area contributed by atoms with E-state index < -0.39 is 6.04 Å². The predicted octanol–water partition coefficient (Wildman–Crippen LogP) is 3.09. The van der Waals surface area contributed by atoms with Crippen molar-refractivity contribution in [2.45, 2.75) is 64.0 Å². The van der Waals surface area contributed by atoms with Gasteiger partial charge in [0.25, 0.3) is 5.91 Å². The molecule has 4 bridgehead atoms. The van der Waals surface area contributed by atoms with Crippen molar-refractivity contribution in [2.24, 2.45) is 17.8 Å². The molecule has 1 aromatic rings. The van der Waals surface area contributed by atoms with E-state index in [4.69, 9.17) is 4.74 Å². The molecule has 1 unspecified atom stereocenters. The Kier molecular flexibility index (Phi) is 4.23. The average molecular weight is 396 g/mol. The summed E-state index contributed by atoms with van der Waals surface area (Å²) >= 11 is 0. The molecule has 6 heteroatoms. The maximum Gasteiger partial charge on any atom is 0.265 e. The minimum Gasteiger partial charge on any atom is -0.482 e. The van der Waals surface area contributed by atoms with Gasteiger partial charge in [0, 0.05) is 11.1 Å². The van der Waals surface area contributed by atoms with Gasteiger partial charge in [0.05, 0.1) is 5.69 Å². The second-order valence-electron chi connectivity index (χ2n) is 9.65. The summed E-state index contributed by atoms with van der Waals surface area (Å²) in [6.45, 7) is 3.16. The number of hydrogen-bond acceptors (Lipinski definition) is 4. The van der Waals surface area contributed by atoms with Gasteiger partial charge in [0.2, 0.25) is 5.91 Å². The minimum atomic E-state index is -0.652. The SMILES string of the molecule is CC(=O)c1ccc2c(c1)N(C(C)C(=O)NC13CC4CC(CC(C4)C1)C3)C(=O)CO2. The molecule has 1 aliphatic heterocycles. The van der Waals surface area contributed by atoms with E-state index >= 15 is 0 Å². The number of hydrogen-bond donors (Lipinski definition) is 1. The molecule has 1 heterocycles. The first kappa shape index (κ1) is 18.6. The maximum atomic E-state index is 13.3. The Morgan fingerprint density at radius 1 is 1.14 bits per heavy atom. The van der Waals surface area contributed by atoms with Gasteiger partial charge >= 0.3 is 0 Å². The number of nitrogens with zero attached hydrogens (tertiary/aromatic N) is 1. The Hall–Kier alpha value is -2.37. The molecule has 154 valence electrons. The third-order valence-corrected chi connectivity index (χ3v) is 7.44. The number of ketones is 1. The van der Waals surface area contributed by atoms with Crippen molar-refractivity contribution in [1.29, 1.82) is 0 Å². The number of amides is 2. The molecule has 2 amide bonds. The van der Waals surface area contributed by atoms with Crippen LogP contribution in [0.4, 0.5) is 5.69 Å². The van der Waals surface area contributed by atoms with Crippen LogP contribution in [0.1, 0.15) is 62.7 Å². The van der Waals surface area contributed by atoms with Crippen LogP contribution in [0.3, 0.4) is 0 Å². The standard InChI is InChI=1S/C23H28N2O4/c1-13(22(28)24-23-9-15-5-16(10-23)7-17(6-15)11-23)25-19-8-18(14(2)26)3-4-20(19)29-12-21(25)27/h3-4,8,13,15-17H,5-7,9-12H2,1-2H3,(H,24,28). The first-order valence-corrected chi connectivity index (χ1v) is 10.8. The number of anilines is 1. The lowest BCUT2D eigenvalue weighted by atomic mass is 9.53. The molecule has 29 heavy (non-hydrogen) atoms. The van der Waals surface area contributed by atoms with Crippen molar-refractivity contribution < 1.29 is 19.1 Å². The molecule has 0 radical (unpaired) electrons. The van der Waals surface area contributed by atoms with E-state index in [2.05, 4.69) is 5.32 Å². The van der Waals surface area contributed by atoms with E-state index in [0.29, 0.717) is 17.0 Å². The number of fused-ring (bicyclic) bond motifs is 1. The maximum absolute atomic E-state index is 13.3. The lowest BCUT2D eigenvalue weighted by molar-refractivity contribution is -0.131. The third-order valence-electron chi connectivity index (χ3n) is 7.44. The van der Waals surface area contributed by atoms with Crippen LogP contribution in [0.5, 0.6) is 5.75 Å². The summed E-state index contributed by atoms with van der Waals surface area (Å²) in [7, 11) is 0. The van der Waals surface area contributed by atoms with Crippen molar-refractivity contribution in [3.63, 3.8) is 0 Å². The van der Waals surface area contributed by atoms with Gasteiger partial charge < -0.3 is 10.1 Å². The van der Waals surface area contributed by atoms with Gasteiger partial charge in [-0.3, -0.25) is 19.3 Å². The Bertz CT molecular complexity index is 858. The van der Waals surface area contributed by atoms with Gasteiger partial charge in [0.15, 0.2) is 12.4 Å². The highest BCUT2D eigenvalue weighted by molar-refractivity contribution is 6.05. The van der Waals surface area contributed by atoms with E-state index in [9.17, 15) is 14.4 Å². The molecular formula is C23H28N2O4. The topological polar surface area (TPSA) is 75.7 Å². The molecule has 5 aliphatic rings. The van der Waals surface area contributed by atoms with Crippen molar-refractivity contribution in [3.8, 4) is 5.75 Å². The molecule has 1 atom stereocenters. The van der Waals surface area contributed by atoms with Crippen LogP contribution < -0.4 is 15.0 Å². The number of ether oxygens (including phenoxy) is 1. The first-order valence-electron chi connectivity index (χ1n) is 10.8. The highest BCUT2D eigenvalue weighted by atomic mass is 16.5. The molecule has 0 saturated heterocycles. The smallest absolute Gasteiger partial charge is 0.265 e. The Morgan fingerprint density at radius 3 is 2.34 bits per heavy atom. The fraction of sp³-hybridized carbons (Fsp3) is 0.609. The number of nitrogens with one attached hydrogen (secondary N) is 1. The lowest BCUT2D eigenvalue weighted by Gasteiger charge is -2.57. The summed E-state index contributed by atoms with van der Waals surface area (Å²) in [6, 6.07) is 4.40. The summed E-state index contributed by atoms with van der Waals surface area (Å²) in [5, 5.41) is 3.37. The first-order chi connectivity index (χ1) is 13.8. The highest BCUT2D eigenvalue weighted by Gasteiger charge is 2.52. The fourth-order valence-corrected chi connectivity index (χ4v) is 6.56. The summed E-state index contributed by atoms with van der Waals surface area (Å²) in [6.07, 6.45) is 7.15. The quantitative estimate of drug-likeness (QED) is 0.794. The summed E-state index contributed by atoms with van der Waals surface area (Å²) in [5.41, 5.74) is 0.905. The molecule has 0 spiro atoms. The molecular weight excluding hydrogens is 368 g/mol. The van der Waals surface area contributed by atoms with Gasteiger partial charge in [-0.2, -0.15) is 0 Å². The number of Topliss-reactive ketones (excluding diaryl/α,β-unsaturated/α-hetero) is 1. The number of benzene rings is 1. The largest absolute Gasteiger partial charge is 0.482 e. The van der Waals surface area contributed by atoms with E-state index in [0.717, 1.165) is 37.0 Å². The molecule has 6 rings (SSSR count). The zero-order chi connectivity index (χ0) is 20.3. The van der Waals surface area contributed by atoms with E-state index in [-0.39, 0.29) is 29.7 Å². The predicted molar refractivity (Wildman–Crippen MR) is 108 cm³/mol. The Labute approximate surface area is 171 Å². The molecule has 4 saturated carbocycles. The van der Waals surface area contributed by atoms with Crippen LogP contribution in [-0.4, -0.2) is 35.8 Å². The Balaban J connectivity index is 1.40. The summed E-state index contributed by atoms with van der Waals surface area (Å²) in [4.78, 5) is 39.3. The second-order valence-corrected chi connectivity index (χ2v) is 9.65. The van der Waals surface area contributed by atoms with Gasteiger partial charge in [-0.25, -0.2) is 0 Å². The van der Waals surface area contributed by atoms with E-state index in [1.807, 2.05) is 0 Å². The molecule has 4 fully saturated rings. The minimum absolute atomic E-state index is 0.0866. The summed E-state index contributed by atoms with van der Waals surface area (Å²) < 4.78 is 5.53. The normalized spacial score (nSPS) is 33.1. The third kappa shape index (κ3) is 3.13. The van der Waals surface area contributed by atoms with Crippen molar-refractivity contribution in [3.05, 3.63) is 23.8 Å². The van der Waals surface area contributed by atoms with Crippen LogP contribution >= 0.6 is 0 Å². The molecule has 1 aromatic carbocycles. The van der Waals surface area contributed by atoms with Crippen LogP contribution in [0, 0.1) is 17.8 Å². The number of carbonyl (C=O) groups is 3. The number of rotatable bonds is 4. The second kappa shape index (κ2) is 6.57. The molecule has 4 aliphatic carbocycles. The van der Waals surface area contributed by atoms with Gasteiger partial charge in [-0.15, -0.1) is 0 Å². The van der Waals surface area contributed by atoms with Crippen molar-refractivity contribution in [2.75, 3.05) is 11.5 Å². The fourth-order valence-electron chi connectivity index (χ4n) is 6.56. The molecule has 6 nitrogen and oxygen atoms in total. The van der Waals surface area contributed by atoms with Crippen LogP contribution in [0.2, 0.25) is 0 Å². The van der Waals surface area contributed by atoms with Crippen LogP contribution in [0.15, 0.2) is 18.2 Å². The van der Waals surface area contributed by atoms with Gasteiger partial charge in [-0.1, -0.05) is 0 Å². The monoisotopic (exact) mass is 396 g/mol. The van der Waals surface area contributed by atoms with E-state index in [1.165, 1.54) is 31.1 Å². The lowest BCUT2D eigenvalue weighted by Crippen LogP contribution is -2.63. The zero-order valence-electron chi connectivity index (χ0n) is 17.1. The van der Waals surface area contributed by atoms with Crippen molar-refractivity contribution >= 4 is 23.3 Å². The van der Waals surface area contributed by atoms with E-state index in [1.54, 1.807) is 25.1 Å². The zero-order valence-corrected chi connectivity index (χ0v) is 17.1. The van der Waals surface area contributed by atoms with Crippen molar-refractivity contribution in [1.82, 2.24) is 5.32 Å². The Morgan fingerprint density at radius 2 is 1.76 bits per heavy atom. The molecule has 1 N–H and O–H groups in total. The highest BCUT2D eigenvalue weighted by Crippen LogP contribution is 2.55. The van der Waals surface area contributed by atoms with Crippen LogP contribution in [0.25, 0.3) is 0 Å². The van der Waals surface area contributed by atoms with Crippen LogP contribution in [-0.2, 0) is 9.59 Å². The summed E-state index contributed by atoms with van der Waals surface area (Å²) in [5.74, 6) is 2.29. The molecule has 0 aromatic heterocycles.